The summed E-state index contributed by atoms with van der Waals surface area (Å²) in [5, 5.41) is 8.91. The van der Waals surface area contributed by atoms with Crippen LogP contribution in [-0.2, 0) is 14.3 Å². The largest absolute Gasteiger partial charge is 0.481 e. The Kier molecular flexibility index (Phi) is 4.93. The predicted molar refractivity (Wildman–Crippen MR) is 68.0 cm³/mol. The Morgan fingerprint density at radius 1 is 1.37 bits per heavy atom. The summed E-state index contributed by atoms with van der Waals surface area (Å²) in [4.78, 5) is 24.1. The number of carbonyl (C=O) groups is 2. The molecule has 19 heavy (non-hydrogen) atoms. The summed E-state index contributed by atoms with van der Waals surface area (Å²) in [6.45, 7) is 6.52. The maximum atomic E-state index is 11.7. The minimum atomic E-state index is -0.831. The van der Waals surface area contributed by atoms with E-state index in [9.17, 15) is 9.59 Å². The fraction of sp³-hybridized carbons (Fsp3) is 0.833. The molecule has 0 aromatic rings. The van der Waals surface area contributed by atoms with E-state index in [2.05, 4.69) is 0 Å². The van der Waals surface area contributed by atoms with Crippen LogP contribution in [0.15, 0.2) is 0 Å². The van der Waals surface area contributed by atoms with Gasteiger partial charge in [0.15, 0.2) is 0 Å². The van der Waals surface area contributed by atoms with E-state index >= 15 is 0 Å². The zero-order chi connectivity index (χ0) is 13.6. The maximum absolute atomic E-state index is 11.7. The SMILES string of the molecule is CC(C)(C)OC(=O)N1CC2(CC(C(=O)O)CO2)C1.[Na]. The molecule has 2 saturated heterocycles. The summed E-state index contributed by atoms with van der Waals surface area (Å²) in [6.07, 6.45) is 0.109. The van der Waals surface area contributed by atoms with Crippen LogP contribution in [0.5, 0.6) is 0 Å². The molecule has 2 heterocycles. The number of likely N-dealkylation sites (tertiary alicyclic amines) is 1. The van der Waals surface area contributed by atoms with Crippen LogP contribution in [-0.4, -0.2) is 82.5 Å². The van der Waals surface area contributed by atoms with E-state index in [4.69, 9.17) is 14.6 Å². The Labute approximate surface area is 134 Å². The van der Waals surface area contributed by atoms with Crippen molar-refractivity contribution in [3.8, 4) is 0 Å². The second-order valence-electron chi connectivity index (χ2n) is 6.07. The normalized spacial score (nSPS) is 24.6. The van der Waals surface area contributed by atoms with Gasteiger partial charge in [-0.25, -0.2) is 4.79 Å². The van der Waals surface area contributed by atoms with Gasteiger partial charge in [-0.3, -0.25) is 4.79 Å². The summed E-state index contributed by atoms with van der Waals surface area (Å²) in [6, 6.07) is 0. The van der Waals surface area contributed by atoms with Gasteiger partial charge in [-0.1, -0.05) is 0 Å². The molecule has 6 nitrogen and oxygen atoms in total. The minimum Gasteiger partial charge on any atom is -0.481 e. The van der Waals surface area contributed by atoms with Crippen molar-refractivity contribution in [2.45, 2.75) is 38.4 Å². The molecule has 0 aliphatic carbocycles. The number of hydrogen-bond donors (Lipinski definition) is 1. The Balaban J connectivity index is 0.00000180. The number of carbonyl (C=O) groups excluding carboxylic acids is 1. The molecular weight excluding hydrogens is 261 g/mol. The van der Waals surface area contributed by atoms with Crippen molar-refractivity contribution in [2.24, 2.45) is 5.92 Å². The van der Waals surface area contributed by atoms with Gasteiger partial charge in [0.25, 0.3) is 0 Å². The molecule has 1 unspecified atom stereocenters. The third-order valence-electron chi connectivity index (χ3n) is 3.17. The zero-order valence-electron chi connectivity index (χ0n) is 11.9. The van der Waals surface area contributed by atoms with Gasteiger partial charge in [0.05, 0.1) is 25.6 Å². The van der Waals surface area contributed by atoms with Crippen molar-refractivity contribution < 1.29 is 24.2 Å². The molecule has 0 aromatic carbocycles. The van der Waals surface area contributed by atoms with Gasteiger partial charge in [0, 0.05) is 29.6 Å². The number of rotatable bonds is 1. The number of ether oxygens (including phenoxy) is 2. The molecule has 1 amide bonds. The van der Waals surface area contributed by atoms with Crippen molar-refractivity contribution in [2.75, 3.05) is 19.7 Å². The summed E-state index contributed by atoms with van der Waals surface area (Å²) in [5.74, 6) is -1.28. The molecule has 2 fully saturated rings. The first-order valence-corrected chi connectivity index (χ1v) is 6.05. The molecule has 2 aliphatic rings. The molecule has 1 spiro atoms. The van der Waals surface area contributed by atoms with E-state index in [-0.39, 0.29) is 42.3 Å². The van der Waals surface area contributed by atoms with E-state index < -0.39 is 23.1 Å². The standard InChI is InChI=1S/C12H19NO5.Na/c1-11(2,3)18-10(16)13-6-12(7-13)4-8(5-17-12)9(14)15;/h8H,4-7H2,1-3H3,(H,14,15);. The van der Waals surface area contributed by atoms with E-state index in [0.29, 0.717) is 19.5 Å². The Hall–Kier alpha value is -0.300. The average Bonchev–Trinajstić information content (AvgIpc) is 2.56. The van der Waals surface area contributed by atoms with Gasteiger partial charge in [0.1, 0.15) is 11.2 Å². The number of carboxylic acids is 1. The van der Waals surface area contributed by atoms with Gasteiger partial charge in [0.2, 0.25) is 0 Å². The summed E-state index contributed by atoms with van der Waals surface area (Å²) in [7, 11) is 0. The van der Waals surface area contributed by atoms with Gasteiger partial charge in [-0.15, -0.1) is 0 Å². The molecule has 1 radical (unpaired) electrons. The van der Waals surface area contributed by atoms with Crippen molar-refractivity contribution >= 4 is 41.6 Å². The molecular formula is C12H19NNaO5. The quantitative estimate of drug-likeness (QED) is 0.716. The third kappa shape index (κ3) is 3.84. The molecule has 2 rings (SSSR count). The Morgan fingerprint density at radius 3 is 2.37 bits per heavy atom. The second-order valence-corrected chi connectivity index (χ2v) is 6.07. The second kappa shape index (κ2) is 5.60. The van der Waals surface area contributed by atoms with Crippen LogP contribution in [0, 0.1) is 5.92 Å². The number of carboxylic acid groups (broad SMARTS) is 1. The number of hydrogen-bond acceptors (Lipinski definition) is 4. The van der Waals surface area contributed by atoms with Crippen LogP contribution in [0.2, 0.25) is 0 Å². The smallest absolute Gasteiger partial charge is 0.410 e. The summed E-state index contributed by atoms with van der Waals surface area (Å²) < 4.78 is 10.8. The van der Waals surface area contributed by atoms with Crippen molar-refractivity contribution in [1.29, 1.82) is 0 Å². The Morgan fingerprint density at radius 2 is 1.95 bits per heavy atom. The van der Waals surface area contributed by atoms with E-state index in [1.54, 1.807) is 4.90 Å². The molecule has 1 N–H and O–H groups in total. The number of nitrogens with zero attached hydrogens (tertiary/aromatic N) is 1. The molecule has 2 aliphatic heterocycles. The van der Waals surface area contributed by atoms with Crippen LogP contribution in [0.1, 0.15) is 27.2 Å². The predicted octanol–water partition coefficient (Wildman–Crippen LogP) is 0.716. The first-order chi connectivity index (χ1) is 8.21. The number of amides is 1. The zero-order valence-corrected chi connectivity index (χ0v) is 13.9. The molecule has 0 bridgehead atoms. The van der Waals surface area contributed by atoms with Crippen molar-refractivity contribution in [3.63, 3.8) is 0 Å². The summed E-state index contributed by atoms with van der Waals surface area (Å²) in [5.41, 5.74) is -0.972. The van der Waals surface area contributed by atoms with Crippen LogP contribution >= 0.6 is 0 Å². The fourth-order valence-corrected chi connectivity index (χ4v) is 2.33. The first kappa shape index (κ1) is 16.8. The van der Waals surface area contributed by atoms with Crippen LogP contribution in [0.4, 0.5) is 4.79 Å². The van der Waals surface area contributed by atoms with Crippen molar-refractivity contribution in [1.82, 2.24) is 4.90 Å². The topological polar surface area (TPSA) is 76.1 Å². The molecule has 0 saturated carbocycles. The number of aliphatic carboxylic acids is 1. The van der Waals surface area contributed by atoms with E-state index in [0.717, 1.165) is 0 Å². The van der Waals surface area contributed by atoms with Crippen molar-refractivity contribution in [3.05, 3.63) is 0 Å². The maximum Gasteiger partial charge on any atom is 0.410 e. The molecule has 103 valence electrons. The van der Waals surface area contributed by atoms with Gasteiger partial charge in [-0.2, -0.15) is 0 Å². The van der Waals surface area contributed by atoms with Crippen LogP contribution in [0.25, 0.3) is 0 Å². The van der Waals surface area contributed by atoms with E-state index in [1.807, 2.05) is 20.8 Å². The van der Waals surface area contributed by atoms with Gasteiger partial charge >= 0.3 is 12.1 Å². The molecule has 7 heteroatoms. The monoisotopic (exact) mass is 280 g/mol. The molecule has 1 atom stereocenters. The fourth-order valence-electron chi connectivity index (χ4n) is 2.33. The average molecular weight is 280 g/mol. The first-order valence-electron chi connectivity index (χ1n) is 6.05. The van der Waals surface area contributed by atoms with Gasteiger partial charge < -0.3 is 19.5 Å². The Bertz CT molecular complexity index is 373. The van der Waals surface area contributed by atoms with Crippen LogP contribution < -0.4 is 0 Å². The van der Waals surface area contributed by atoms with E-state index in [1.165, 1.54) is 0 Å². The third-order valence-corrected chi connectivity index (χ3v) is 3.17. The minimum absolute atomic E-state index is 0. The van der Waals surface area contributed by atoms with Gasteiger partial charge in [-0.05, 0) is 27.2 Å². The van der Waals surface area contributed by atoms with Crippen LogP contribution in [0.3, 0.4) is 0 Å². The molecule has 0 aromatic heterocycles. The summed E-state index contributed by atoms with van der Waals surface area (Å²) >= 11 is 0.